The van der Waals surface area contributed by atoms with Crippen LogP contribution in [0.25, 0.3) is 0 Å². The molecule has 2 aromatic rings. The van der Waals surface area contributed by atoms with Crippen molar-refractivity contribution < 1.29 is 13.2 Å². The van der Waals surface area contributed by atoms with Gasteiger partial charge in [-0.15, -0.1) is 0 Å². The first kappa shape index (κ1) is 20.6. The highest BCUT2D eigenvalue weighted by atomic mass is 32.2. The van der Waals surface area contributed by atoms with E-state index >= 15 is 0 Å². The minimum Gasteiger partial charge on any atom is -0.470 e. The Morgan fingerprint density at radius 2 is 1.64 bits per heavy atom. The van der Waals surface area contributed by atoms with Gasteiger partial charge in [-0.3, -0.25) is 0 Å². The van der Waals surface area contributed by atoms with E-state index in [1.165, 1.54) is 0 Å². The second kappa shape index (κ2) is 8.88. The summed E-state index contributed by atoms with van der Waals surface area (Å²) in [5, 5.41) is 0. The minimum absolute atomic E-state index is 0.0414. The number of sulfonamides is 1. The predicted octanol–water partition coefficient (Wildman–Crippen LogP) is 4.19. The van der Waals surface area contributed by atoms with Gasteiger partial charge < -0.3 is 4.74 Å². The third-order valence-electron chi connectivity index (χ3n) is 5.07. The van der Waals surface area contributed by atoms with Crippen molar-refractivity contribution in [1.82, 2.24) is 4.72 Å². The average molecular weight is 401 g/mol. The van der Waals surface area contributed by atoms with Gasteiger partial charge in [-0.05, 0) is 37.0 Å². The highest BCUT2D eigenvalue weighted by molar-refractivity contribution is 7.89. The molecule has 3 rings (SSSR count). The predicted molar refractivity (Wildman–Crippen MR) is 112 cm³/mol. The topological polar surface area (TPSA) is 67.8 Å². The Morgan fingerprint density at radius 1 is 1.04 bits per heavy atom. The molecule has 2 aromatic carbocycles. The SMILES string of the molecule is CC(C)C(CCNS(=O)(=O)c1ccccc1)C1=NC(C)C(c2ccccc2)O1. The molecule has 0 aliphatic carbocycles. The third kappa shape index (κ3) is 4.80. The van der Waals surface area contributed by atoms with E-state index in [1.54, 1.807) is 30.3 Å². The first-order valence-corrected chi connectivity index (χ1v) is 11.2. The van der Waals surface area contributed by atoms with Crippen LogP contribution in [0.4, 0.5) is 0 Å². The summed E-state index contributed by atoms with van der Waals surface area (Å²) >= 11 is 0. The van der Waals surface area contributed by atoms with Crippen molar-refractivity contribution in [1.29, 1.82) is 0 Å². The molecule has 0 saturated heterocycles. The number of nitrogens with zero attached hydrogens (tertiary/aromatic N) is 1. The third-order valence-corrected chi connectivity index (χ3v) is 6.54. The molecule has 0 fully saturated rings. The van der Waals surface area contributed by atoms with E-state index in [4.69, 9.17) is 9.73 Å². The minimum atomic E-state index is -3.50. The Morgan fingerprint density at radius 3 is 2.25 bits per heavy atom. The lowest BCUT2D eigenvalue weighted by atomic mass is 9.92. The Bertz CT molecular complexity index is 896. The molecule has 3 atom stereocenters. The Hall–Kier alpha value is -2.18. The molecule has 0 amide bonds. The van der Waals surface area contributed by atoms with Crippen LogP contribution < -0.4 is 4.72 Å². The lowest BCUT2D eigenvalue weighted by Gasteiger charge is -2.22. The summed E-state index contributed by atoms with van der Waals surface area (Å²) in [6.07, 6.45) is 0.551. The van der Waals surface area contributed by atoms with Crippen LogP contribution in [0.1, 0.15) is 38.9 Å². The molecule has 150 valence electrons. The van der Waals surface area contributed by atoms with E-state index in [2.05, 4.69) is 37.6 Å². The Labute approximate surface area is 167 Å². The monoisotopic (exact) mass is 400 g/mol. The van der Waals surface area contributed by atoms with Gasteiger partial charge in [0.1, 0.15) is 6.10 Å². The highest BCUT2D eigenvalue weighted by Gasteiger charge is 2.34. The number of ether oxygens (including phenoxy) is 1. The molecule has 3 unspecified atom stereocenters. The van der Waals surface area contributed by atoms with Gasteiger partial charge in [-0.1, -0.05) is 62.4 Å². The van der Waals surface area contributed by atoms with E-state index in [1.807, 2.05) is 18.2 Å². The molecule has 1 aliphatic heterocycles. The summed E-state index contributed by atoms with van der Waals surface area (Å²) in [6.45, 7) is 6.62. The first-order valence-electron chi connectivity index (χ1n) is 9.72. The standard InChI is InChI=1S/C22H28N2O3S/c1-16(2)20(14-15-23-28(25,26)19-12-8-5-9-13-19)22-24-17(3)21(27-22)18-10-6-4-7-11-18/h4-13,16-17,20-21,23H,14-15H2,1-3H3. The smallest absolute Gasteiger partial charge is 0.240 e. The summed E-state index contributed by atoms with van der Waals surface area (Å²) in [5.74, 6) is 1.09. The zero-order valence-electron chi connectivity index (χ0n) is 16.6. The Kier molecular flexibility index (Phi) is 6.52. The van der Waals surface area contributed by atoms with Gasteiger partial charge in [0.2, 0.25) is 10.0 Å². The van der Waals surface area contributed by atoms with Crippen LogP contribution in [-0.4, -0.2) is 26.9 Å². The normalized spacial score (nSPS) is 20.6. The Balaban J connectivity index is 1.64. The molecule has 0 aromatic heterocycles. The fourth-order valence-electron chi connectivity index (χ4n) is 3.47. The number of hydrogen-bond acceptors (Lipinski definition) is 4. The molecule has 28 heavy (non-hydrogen) atoms. The van der Waals surface area contributed by atoms with Gasteiger partial charge in [0.25, 0.3) is 0 Å². The summed E-state index contributed by atoms with van der Waals surface area (Å²) in [6, 6.07) is 18.6. The van der Waals surface area contributed by atoms with Crippen LogP contribution in [-0.2, 0) is 14.8 Å². The van der Waals surface area contributed by atoms with E-state index in [0.29, 0.717) is 18.9 Å². The summed E-state index contributed by atoms with van der Waals surface area (Å²) in [4.78, 5) is 5.04. The fourth-order valence-corrected chi connectivity index (χ4v) is 4.54. The number of aliphatic imine (C=N–C) groups is 1. The van der Waals surface area contributed by atoms with Crippen molar-refractivity contribution >= 4 is 15.9 Å². The van der Waals surface area contributed by atoms with Crippen LogP contribution in [0.3, 0.4) is 0 Å². The second-order valence-corrected chi connectivity index (χ2v) is 9.27. The van der Waals surface area contributed by atoms with Crippen LogP contribution in [0.5, 0.6) is 0 Å². The van der Waals surface area contributed by atoms with Gasteiger partial charge in [0, 0.05) is 12.5 Å². The van der Waals surface area contributed by atoms with Crippen molar-refractivity contribution in [2.75, 3.05) is 6.54 Å². The largest absolute Gasteiger partial charge is 0.470 e. The molecule has 1 aliphatic rings. The summed E-state index contributed by atoms with van der Waals surface area (Å²) < 4.78 is 33.8. The lowest BCUT2D eigenvalue weighted by molar-refractivity contribution is 0.182. The van der Waals surface area contributed by atoms with Crippen LogP contribution in [0.2, 0.25) is 0 Å². The van der Waals surface area contributed by atoms with E-state index in [9.17, 15) is 8.42 Å². The van der Waals surface area contributed by atoms with Gasteiger partial charge in [0.05, 0.1) is 10.9 Å². The first-order chi connectivity index (χ1) is 13.4. The van der Waals surface area contributed by atoms with Crippen LogP contribution >= 0.6 is 0 Å². The van der Waals surface area contributed by atoms with Gasteiger partial charge >= 0.3 is 0 Å². The van der Waals surface area contributed by atoms with Crippen molar-refractivity contribution in [3.63, 3.8) is 0 Å². The van der Waals surface area contributed by atoms with E-state index < -0.39 is 10.0 Å². The molecule has 5 nitrogen and oxygen atoms in total. The quantitative estimate of drug-likeness (QED) is 0.723. The maximum atomic E-state index is 12.4. The van der Waals surface area contributed by atoms with E-state index in [0.717, 1.165) is 11.5 Å². The van der Waals surface area contributed by atoms with Crippen molar-refractivity contribution in [2.24, 2.45) is 16.8 Å². The zero-order chi connectivity index (χ0) is 20.1. The van der Waals surface area contributed by atoms with Crippen LogP contribution in [0.15, 0.2) is 70.6 Å². The van der Waals surface area contributed by atoms with Gasteiger partial charge in [-0.2, -0.15) is 0 Å². The maximum absolute atomic E-state index is 12.4. The summed E-state index contributed by atoms with van der Waals surface area (Å²) in [7, 11) is -3.50. The molecule has 0 bridgehead atoms. The second-order valence-electron chi connectivity index (χ2n) is 7.51. The molecule has 0 spiro atoms. The number of rotatable bonds is 8. The van der Waals surface area contributed by atoms with Gasteiger partial charge in [-0.25, -0.2) is 18.1 Å². The fraction of sp³-hybridized carbons (Fsp3) is 0.409. The molecule has 1 N–H and O–H groups in total. The summed E-state index contributed by atoms with van der Waals surface area (Å²) in [5.41, 5.74) is 1.11. The molecular formula is C22H28N2O3S. The molecule has 0 saturated carbocycles. The van der Waals surface area contributed by atoms with Gasteiger partial charge in [0.15, 0.2) is 5.90 Å². The van der Waals surface area contributed by atoms with Crippen molar-refractivity contribution in [3.8, 4) is 0 Å². The molecular weight excluding hydrogens is 372 g/mol. The molecule has 6 heteroatoms. The van der Waals surface area contributed by atoms with E-state index in [-0.39, 0.29) is 23.0 Å². The molecule has 0 radical (unpaired) electrons. The zero-order valence-corrected chi connectivity index (χ0v) is 17.4. The number of nitrogens with one attached hydrogen (secondary N) is 1. The van der Waals surface area contributed by atoms with Crippen LogP contribution in [0, 0.1) is 11.8 Å². The highest BCUT2D eigenvalue weighted by Crippen LogP contribution is 2.33. The average Bonchev–Trinajstić information content (AvgIpc) is 3.07. The van der Waals surface area contributed by atoms with Crippen molar-refractivity contribution in [2.45, 2.75) is 44.2 Å². The number of benzene rings is 2. The molecule has 1 heterocycles. The van der Waals surface area contributed by atoms with Crippen molar-refractivity contribution in [3.05, 3.63) is 66.2 Å². The lowest BCUT2D eigenvalue weighted by Crippen LogP contribution is -2.30. The maximum Gasteiger partial charge on any atom is 0.240 e. The number of hydrogen-bond donors (Lipinski definition) is 1.